The number of furan rings is 1. The molecule has 0 saturated heterocycles. The smallest absolute Gasteiger partial charge is 0.259 e. The van der Waals surface area contributed by atoms with Crippen molar-refractivity contribution in [1.82, 2.24) is 4.98 Å². The van der Waals surface area contributed by atoms with Crippen molar-refractivity contribution in [2.75, 3.05) is 4.90 Å². The molecule has 0 saturated carbocycles. The molecular weight excluding hydrogens is 288 g/mol. The largest absolute Gasteiger partial charge is 0.464 e. The van der Waals surface area contributed by atoms with Crippen molar-refractivity contribution in [2.45, 2.75) is 20.4 Å². The third-order valence-corrected chi connectivity index (χ3v) is 3.55. The molecule has 0 fully saturated rings. The fourth-order valence-electron chi connectivity index (χ4n) is 2.43. The first-order valence-electron chi connectivity index (χ1n) is 7.48. The summed E-state index contributed by atoms with van der Waals surface area (Å²) in [5.41, 5.74) is 1.68. The minimum atomic E-state index is -0.0959. The summed E-state index contributed by atoms with van der Waals surface area (Å²) in [6.07, 6.45) is 1.68. The molecule has 1 aromatic carbocycles. The van der Waals surface area contributed by atoms with Gasteiger partial charge in [0.25, 0.3) is 5.91 Å². The fraction of sp³-hybridized carbons (Fsp3) is 0.158. The normalized spacial score (nSPS) is 10.5. The number of aryl methyl sites for hydroxylation is 2. The Kier molecular flexibility index (Phi) is 4.24. The first-order chi connectivity index (χ1) is 11.1. The second-order valence-corrected chi connectivity index (χ2v) is 5.46. The Morgan fingerprint density at radius 3 is 2.61 bits per heavy atom. The van der Waals surface area contributed by atoms with Crippen molar-refractivity contribution in [2.24, 2.45) is 0 Å². The maximum absolute atomic E-state index is 13.0. The number of amides is 1. The summed E-state index contributed by atoms with van der Waals surface area (Å²) in [6.45, 7) is 4.20. The highest BCUT2D eigenvalue weighted by Crippen LogP contribution is 2.19. The molecule has 0 spiro atoms. The lowest BCUT2D eigenvalue weighted by atomic mass is 10.1. The molecule has 0 radical (unpaired) electrons. The van der Waals surface area contributed by atoms with Crippen molar-refractivity contribution < 1.29 is 9.21 Å². The maximum atomic E-state index is 13.0. The molecule has 2 aromatic heterocycles. The van der Waals surface area contributed by atoms with Crippen molar-refractivity contribution in [3.8, 4) is 0 Å². The van der Waals surface area contributed by atoms with E-state index in [2.05, 4.69) is 4.98 Å². The molecular formula is C19H18N2O2. The zero-order valence-corrected chi connectivity index (χ0v) is 13.2. The van der Waals surface area contributed by atoms with Gasteiger partial charge >= 0.3 is 0 Å². The standard InChI is InChI=1S/C19H18N2O2/c1-14-6-5-7-16(12-14)19(22)21(18-8-3-4-11-20-18)13-17-10-9-15(2)23-17/h3-12H,13H2,1-2H3. The summed E-state index contributed by atoms with van der Waals surface area (Å²) in [6, 6.07) is 16.8. The Bertz CT molecular complexity index is 809. The van der Waals surface area contributed by atoms with E-state index in [0.717, 1.165) is 17.1 Å². The van der Waals surface area contributed by atoms with E-state index in [1.807, 2.05) is 68.4 Å². The molecule has 0 bridgehead atoms. The van der Waals surface area contributed by atoms with E-state index in [4.69, 9.17) is 4.42 Å². The quantitative estimate of drug-likeness (QED) is 0.728. The van der Waals surface area contributed by atoms with Gasteiger partial charge in [0, 0.05) is 11.8 Å². The van der Waals surface area contributed by atoms with Crippen molar-refractivity contribution in [1.29, 1.82) is 0 Å². The highest BCUT2D eigenvalue weighted by atomic mass is 16.3. The minimum absolute atomic E-state index is 0.0959. The number of benzene rings is 1. The van der Waals surface area contributed by atoms with Gasteiger partial charge < -0.3 is 4.42 Å². The second-order valence-electron chi connectivity index (χ2n) is 5.46. The van der Waals surface area contributed by atoms with Gasteiger partial charge in [0.1, 0.15) is 17.3 Å². The zero-order chi connectivity index (χ0) is 16.2. The van der Waals surface area contributed by atoms with Gasteiger partial charge in [-0.1, -0.05) is 23.8 Å². The molecule has 0 aliphatic heterocycles. The summed E-state index contributed by atoms with van der Waals surface area (Å²) in [7, 11) is 0. The van der Waals surface area contributed by atoms with Crippen molar-refractivity contribution in [3.05, 3.63) is 83.4 Å². The number of pyridine rings is 1. The minimum Gasteiger partial charge on any atom is -0.464 e. The molecule has 3 rings (SSSR count). The maximum Gasteiger partial charge on any atom is 0.259 e. The van der Waals surface area contributed by atoms with Crippen LogP contribution in [0.1, 0.15) is 27.4 Å². The van der Waals surface area contributed by atoms with Crippen LogP contribution in [0.15, 0.2) is 65.2 Å². The molecule has 116 valence electrons. The van der Waals surface area contributed by atoms with Gasteiger partial charge in [0.05, 0.1) is 6.54 Å². The lowest BCUT2D eigenvalue weighted by Gasteiger charge is -2.21. The Balaban J connectivity index is 1.96. The van der Waals surface area contributed by atoms with E-state index in [9.17, 15) is 4.79 Å². The first-order valence-corrected chi connectivity index (χ1v) is 7.48. The highest BCUT2D eigenvalue weighted by molar-refractivity contribution is 6.05. The van der Waals surface area contributed by atoms with Gasteiger partial charge in [-0.25, -0.2) is 4.98 Å². The van der Waals surface area contributed by atoms with Crippen LogP contribution < -0.4 is 4.90 Å². The number of carbonyl (C=O) groups excluding carboxylic acids is 1. The molecule has 4 heteroatoms. The number of carbonyl (C=O) groups is 1. The zero-order valence-electron chi connectivity index (χ0n) is 13.2. The second kappa shape index (κ2) is 6.48. The summed E-state index contributed by atoms with van der Waals surface area (Å²) in [5.74, 6) is 2.06. The van der Waals surface area contributed by atoms with Gasteiger partial charge in [-0.05, 0) is 50.2 Å². The van der Waals surface area contributed by atoms with Crippen LogP contribution in [-0.2, 0) is 6.54 Å². The van der Waals surface area contributed by atoms with Crippen LogP contribution in [0.25, 0.3) is 0 Å². The van der Waals surface area contributed by atoms with Crippen LogP contribution in [0.3, 0.4) is 0 Å². The average Bonchev–Trinajstić information content (AvgIpc) is 2.98. The van der Waals surface area contributed by atoms with E-state index in [0.29, 0.717) is 17.9 Å². The predicted molar refractivity (Wildman–Crippen MR) is 89.4 cm³/mol. The molecule has 23 heavy (non-hydrogen) atoms. The number of nitrogens with zero attached hydrogens (tertiary/aromatic N) is 2. The molecule has 0 atom stereocenters. The van der Waals surface area contributed by atoms with Gasteiger partial charge in [-0.2, -0.15) is 0 Å². The van der Waals surface area contributed by atoms with Crippen molar-refractivity contribution in [3.63, 3.8) is 0 Å². The first kappa shape index (κ1) is 15.0. The van der Waals surface area contributed by atoms with Crippen LogP contribution in [0, 0.1) is 13.8 Å². The van der Waals surface area contributed by atoms with E-state index >= 15 is 0 Å². The predicted octanol–water partition coefficient (Wildman–Crippen LogP) is 4.14. The number of hydrogen-bond donors (Lipinski definition) is 0. The summed E-state index contributed by atoms with van der Waals surface area (Å²) < 4.78 is 5.62. The Labute approximate surface area is 135 Å². The van der Waals surface area contributed by atoms with Crippen LogP contribution in [0.4, 0.5) is 5.82 Å². The lowest BCUT2D eigenvalue weighted by Crippen LogP contribution is -2.31. The number of rotatable bonds is 4. The van der Waals surface area contributed by atoms with E-state index < -0.39 is 0 Å². The van der Waals surface area contributed by atoms with Gasteiger partial charge in [0.2, 0.25) is 0 Å². The Morgan fingerprint density at radius 1 is 1.09 bits per heavy atom. The van der Waals surface area contributed by atoms with Crippen LogP contribution >= 0.6 is 0 Å². The Morgan fingerprint density at radius 2 is 1.96 bits per heavy atom. The van der Waals surface area contributed by atoms with Gasteiger partial charge in [-0.3, -0.25) is 9.69 Å². The number of aromatic nitrogens is 1. The average molecular weight is 306 g/mol. The van der Waals surface area contributed by atoms with Crippen molar-refractivity contribution >= 4 is 11.7 Å². The van der Waals surface area contributed by atoms with Crippen LogP contribution in [0.2, 0.25) is 0 Å². The SMILES string of the molecule is Cc1cccc(C(=O)N(Cc2ccc(C)o2)c2ccccn2)c1. The number of hydrogen-bond acceptors (Lipinski definition) is 3. The number of anilines is 1. The Hall–Kier alpha value is -2.88. The van der Waals surface area contributed by atoms with Gasteiger partial charge in [0.15, 0.2) is 0 Å². The molecule has 0 aliphatic carbocycles. The molecule has 3 aromatic rings. The molecule has 1 amide bonds. The molecule has 2 heterocycles. The lowest BCUT2D eigenvalue weighted by molar-refractivity contribution is 0.0982. The summed E-state index contributed by atoms with van der Waals surface area (Å²) >= 11 is 0. The van der Waals surface area contributed by atoms with E-state index in [1.165, 1.54) is 0 Å². The molecule has 0 unspecified atom stereocenters. The highest BCUT2D eigenvalue weighted by Gasteiger charge is 2.20. The molecule has 0 aliphatic rings. The van der Waals surface area contributed by atoms with E-state index in [1.54, 1.807) is 11.1 Å². The monoisotopic (exact) mass is 306 g/mol. The van der Waals surface area contributed by atoms with Gasteiger partial charge in [-0.15, -0.1) is 0 Å². The fourth-order valence-corrected chi connectivity index (χ4v) is 2.43. The summed E-state index contributed by atoms with van der Waals surface area (Å²) in [4.78, 5) is 18.9. The third-order valence-electron chi connectivity index (χ3n) is 3.55. The van der Waals surface area contributed by atoms with Crippen LogP contribution in [0.5, 0.6) is 0 Å². The topological polar surface area (TPSA) is 46.3 Å². The van der Waals surface area contributed by atoms with E-state index in [-0.39, 0.29) is 5.91 Å². The summed E-state index contributed by atoms with van der Waals surface area (Å²) in [5, 5.41) is 0. The van der Waals surface area contributed by atoms with Crippen LogP contribution in [-0.4, -0.2) is 10.9 Å². The third kappa shape index (κ3) is 3.48. The molecule has 0 N–H and O–H groups in total. The molecule has 4 nitrogen and oxygen atoms in total.